The molecule has 2 saturated heterocycles. The van der Waals surface area contributed by atoms with Gasteiger partial charge in [-0.2, -0.15) is 0 Å². The number of halogens is 1. The number of amides is 1. The SMILES string of the molecule is Cc1nc(C2CCCN(Cc3cn(C)c4ccc(F)cc34)C2)ncc1C(=O)N1CCCCC1. The molecule has 0 radical (unpaired) electrons. The Bertz CT molecular complexity index is 1170. The van der Waals surface area contributed by atoms with Crippen molar-refractivity contribution >= 4 is 16.8 Å². The second-order valence-corrected chi connectivity index (χ2v) is 9.58. The van der Waals surface area contributed by atoms with Crippen molar-refractivity contribution in [1.82, 2.24) is 24.3 Å². The van der Waals surface area contributed by atoms with Gasteiger partial charge in [0.2, 0.25) is 0 Å². The number of piperidine rings is 2. The number of fused-ring (bicyclic) bond motifs is 1. The highest BCUT2D eigenvalue weighted by atomic mass is 19.1. The van der Waals surface area contributed by atoms with Crippen LogP contribution in [0.2, 0.25) is 0 Å². The van der Waals surface area contributed by atoms with Gasteiger partial charge in [0, 0.05) is 62.4 Å². The van der Waals surface area contributed by atoms with E-state index in [9.17, 15) is 9.18 Å². The van der Waals surface area contributed by atoms with Crippen molar-refractivity contribution in [2.75, 3.05) is 26.2 Å². The Morgan fingerprint density at radius 1 is 1.15 bits per heavy atom. The number of aryl methyl sites for hydroxylation is 2. The van der Waals surface area contributed by atoms with Gasteiger partial charge in [-0.1, -0.05) is 0 Å². The molecule has 2 aromatic heterocycles. The van der Waals surface area contributed by atoms with Gasteiger partial charge in [0.15, 0.2) is 0 Å². The molecule has 1 atom stereocenters. The summed E-state index contributed by atoms with van der Waals surface area (Å²) in [5.41, 5.74) is 3.60. The number of aromatic nitrogens is 3. The second-order valence-electron chi connectivity index (χ2n) is 9.58. The largest absolute Gasteiger partial charge is 0.350 e. The summed E-state index contributed by atoms with van der Waals surface area (Å²) < 4.78 is 15.9. The minimum atomic E-state index is -0.200. The quantitative estimate of drug-likeness (QED) is 0.592. The molecule has 1 amide bonds. The van der Waals surface area contributed by atoms with Gasteiger partial charge in [-0.05, 0) is 69.3 Å². The Morgan fingerprint density at radius 3 is 2.76 bits per heavy atom. The van der Waals surface area contributed by atoms with Crippen LogP contribution < -0.4 is 0 Å². The first-order valence-electron chi connectivity index (χ1n) is 12.1. The minimum Gasteiger partial charge on any atom is -0.350 e. The predicted octanol–water partition coefficient (Wildman–Crippen LogP) is 4.42. The third kappa shape index (κ3) is 4.51. The lowest BCUT2D eigenvalue weighted by atomic mass is 9.96. The standard InChI is InChI=1S/C26H32FN5O/c1-18-23(26(33)32-11-4-3-5-12-32)14-28-25(29-18)19-7-6-10-31(16-19)17-20-15-30(2)24-9-8-21(27)13-22(20)24/h8-9,13-15,19H,3-7,10-12,16-17H2,1-2H3. The van der Waals surface area contributed by atoms with Crippen LogP contribution in [-0.4, -0.2) is 56.4 Å². The number of likely N-dealkylation sites (tertiary alicyclic amines) is 2. The number of hydrogen-bond acceptors (Lipinski definition) is 4. The fourth-order valence-electron chi connectivity index (χ4n) is 5.38. The number of hydrogen-bond donors (Lipinski definition) is 0. The Morgan fingerprint density at radius 2 is 1.97 bits per heavy atom. The summed E-state index contributed by atoms with van der Waals surface area (Å²) in [5.74, 6) is 0.932. The molecule has 4 heterocycles. The van der Waals surface area contributed by atoms with Gasteiger partial charge in [-0.3, -0.25) is 9.69 Å². The molecular formula is C26H32FN5O. The molecule has 0 saturated carbocycles. The summed E-state index contributed by atoms with van der Waals surface area (Å²) in [4.78, 5) is 26.7. The number of nitrogens with zero attached hydrogens (tertiary/aromatic N) is 5. The molecule has 0 spiro atoms. The fourth-order valence-corrected chi connectivity index (χ4v) is 5.38. The summed E-state index contributed by atoms with van der Waals surface area (Å²) in [6.07, 6.45) is 9.30. The summed E-state index contributed by atoms with van der Waals surface area (Å²) >= 11 is 0. The molecule has 1 aromatic carbocycles. The molecule has 33 heavy (non-hydrogen) atoms. The molecule has 6 nitrogen and oxygen atoms in total. The monoisotopic (exact) mass is 449 g/mol. The highest BCUT2D eigenvalue weighted by molar-refractivity contribution is 5.95. The van der Waals surface area contributed by atoms with Crippen LogP contribution in [0.3, 0.4) is 0 Å². The van der Waals surface area contributed by atoms with E-state index in [0.717, 1.165) is 86.4 Å². The van der Waals surface area contributed by atoms with Crippen LogP contribution in [0.1, 0.15) is 65.5 Å². The molecule has 3 aromatic rings. The molecular weight excluding hydrogens is 417 g/mol. The van der Waals surface area contributed by atoms with Gasteiger partial charge < -0.3 is 9.47 Å². The van der Waals surface area contributed by atoms with Crippen molar-refractivity contribution in [3.8, 4) is 0 Å². The van der Waals surface area contributed by atoms with Gasteiger partial charge in [-0.15, -0.1) is 0 Å². The first-order chi connectivity index (χ1) is 16.0. The van der Waals surface area contributed by atoms with Crippen LogP contribution >= 0.6 is 0 Å². The Labute approximate surface area is 194 Å². The molecule has 5 rings (SSSR count). The zero-order chi connectivity index (χ0) is 22.9. The average Bonchev–Trinajstić information content (AvgIpc) is 3.13. The van der Waals surface area contributed by atoms with Crippen molar-refractivity contribution in [3.05, 3.63) is 59.1 Å². The molecule has 2 aliphatic heterocycles. The van der Waals surface area contributed by atoms with E-state index in [1.54, 1.807) is 12.3 Å². The van der Waals surface area contributed by atoms with Crippen molar-refractivity contribution in [3.63, 3.8) is 0 Å². The lowest BCUT2D eigenvalue weighted by Gasteiger charge is -2.32. The lowest BCUT2D eigenvalue weighted by molar-refractivity contribution is 0.0722. The topological polar surface area (TPSA) is 54.3 Å². The zero-order valence-electron chi connectivity index (χ0n) is 19.6. The zero-order valence-corrected chi connectivity index (χ0v) is 19.6. The van der Waals surface area contributed by atoms with E-state index in [0.29, 0.717) is 5.56 Å². The maximum Gasteiger partial charge on any atom is 0.257 e. The van der Waals surface area contributed by atoms with Crippen molar-refractivity contribution in [2.24, 2.45) is 7.05 Å². The molecule has 174 valence electrons. The van der Waals surface area contributed by atoms with Crippen LogP contribution in [0.4, 0.5) is 4.39 Å². The Kier molecular flexibility index (Phi) is 6.15. The van der Waals surface area contributed by atoms with Crippen molar-refractivity contribution in [1.29, 1.82) is 0 Å². The molecule has 0 bridgehead atoms. The third-order valence-corrected chi connectivity index (χ3v) is 7.17. The van der Waals surface area contributed by atoms with E-state index in [-0.39, 0.29) is 17.6 Å². The minimum absolute atomic E-state index is 0.0622. The third-order valence-electron chi connectivity index (χ3n) is 7.17. The van der Waals surface area contributed by atoms with E-state index < -0.39 is 0 Å². The van der Waals surface area contributed by atoms with E-state index in [1.165, 1.54) is 12.5 Å². The summed E-state index contributed by atoms with van der Waals surface area (Å²) in [6, 6.07) is 5.00. The lowest BCUT2D eigenvalue weighted by Crippen LogP contribution is -2.36. The first-order valence-corrected chi connectivity index (χ1v) is 12.1. The number of benzene rings is 1. The van der Waals surface area contributed by atoms with Crippen molar-refractivity contribution < 1.29 is 9.18 Å². The molecule has 0 N–H and O–H groups in total. The van der Waals surface area contributed by atoms with Crippen LogP contribution in [0, 0.1) is 12.7 Å². The maximum atomic E-state index is 13.9. The van der Waals surface area contributed by atoms with Gasteiger partial charge in [-0.25, -0.2) is 14.4 Å². The van der Waals surface area contributed by atoms with Crippen LogP contribution in [0.15, 0.2) is 30.6 Å². The van der Waals surface area contributed by atoms with Crippen LogP contribution in [-0.2, 0) is 13.6 Å². The molecule has 7 heteroatoms. The highest BCUT2D eigenvalue weighted by Gasteiger charge is 2.26. The Hall–Kier alpha value is -2.80. The fraction of sp³-hybridized carbons (Fsp3) is 0.500. The van der Waals surface area contributed by atoms with Crippen molar-refractivity contribution in [2.45, 2.75) is 51.5 Å². The van der Waals surface area contributed by atoms with Gasteiger partial charge in [0.25, 0.3) is 5.91 Å². The van der Waals surface area contributed by atoms with Crippen LogP contribution in [0.25, 0.3) is 10.9 Å². The number of rotatable bonds is 4. The summed E-state index contributed by atoms with van der Waals surface area (Å²) in [6.45, 7) is 6.23. The van der Waals surface area contributed by atoms with Crippen LogP contribution in [0.5, 0.6) is 0 Å². The maximum absolute atomic E-state index is 13.9. The summed E-state index contributed by atoms with van der Waals surface area (Å²) in [5, 5.41) is 0.979. The smallest absolute Gasteiger partial charge is 0.257 e. The highest BCUT2D eigenvalue weighted by Crippen LogP contribution is 2.29. The first kappa shape index (κ1) is 22.0. The normalized spacial score (nSPS) is 19.8. The van der Waals surface area contributed by atoms with E-state index >= 15 is 0 Å². The molecule has 1 unspecified atom stereocenters. The average molecular weight is 450 g/mol. The molecule has 0 aliphatic carbocycles. The van der Waals surface area contributed by atoms with E-state index in [2.05, 4.69) is 20.6 Å². The van der Waals surface area contributed by atoms with Gasteiger partial charge in [0.05, 0.1) is 11.3 Å². The predicted molar refractivity (Wildman–Crippen MR) is 127 cm³/mol. The molecule has 2 fully saturated rings. The van der Waals surface area contributed by atoms with Gasteiger partial charge >= 0.3 is 0 Å². The number of carbonyl (C=O) groups is 1. The second kappa shape index (κ2) is 9.21. The Balaban J connectivity index is 1.30. The summed E-state index contributed by atoms with van der Waals surface area (Å²) in [7, 11) is 2.01. The van der Waals surface area contributed by atoms with E-state index in [4.69, 9.17) is 4.98 Å². The number of carbonyl (C=O) groups excluding carboxylic acids is 1. The molecule has 2 aliphatic rings. The van der Waals surface area contributed by atoms with E-state index in [1.807, 2.05) is 24.9 Å². The van der Waals surface area contributed by atoms with Gasteiger partial charge in [0.1, 0.15) is 11.6 Å².